The number of nitrogens with zero attached hydrogens (tertiary/aromatic N) is 2. The Morgan fingerprint density at radius 2 is 1.77 bits per heavy atom. The van der Waals surface area contributed by atoms with Gasteiger partial charge in [-0.15, -0.1) is 0 Å². The van der Waals surface area contributed by atoms with Crippen LogP contribution in [0.25, 0.3) is 0 Å². The lowest BCUT2D eigenvalue weighted by molar-refractivity contribution is -0.150. The summed E-state index contributed by atoms with van der Waals surface area (Å²) >= 11 is 0. The third-order valence-electron chi connectivity index (χ3n) is 7.98. The lowest BCUT2D eigenvalue weighted by Gasteiger charge is -2.33. The number of methoxy groups -OCH3 is 1. The summed E-state index contributed by atoms with van der Waals surface area (Å²) in [6.45, 7) is 1.25. The number of rotatable bonds is 10. The number of anilines is 1. The van der Waals surface area contributed by atoms with Gasteiger partial charge in [-0.25, -0.2) is 9.78 Å². The van der Waals surface area contributed by atoms with Crippen LogP contribution in [-0.4, -0.2) is 66.3 Å². The summed E-state index contributed by atoms with van der Waals surface area (Å²) in [5, 5.41) is 6.76. The molecule has 4 rings (SSSR count). The first-order valence-electron chi connectivity index (χ1n) is 13.9. The Morgan fingerprint density at radius 1 is 1.09 bits per heavy atom. The summed E-state index contributed by atoms with van der Waals surface area (Å²) in [6, 6.07) is 4.16. The number of carbonyl (C=O) groups excluding carboxylic acids is 3. The molecule has 3 atom stereocenters. The number of halogens is 5. The lowest BCUT2D eigenvalue weighted by Crippen LogP contribution is -2.53. The number of alkyl halides is 5. The van der Waals surface area contributed by atoms with Crippen LogP contribution < -0.4 is 16.0 Å². The van der Waals surface area contributed by atoms with Crippen LogP contribution in [0.5, 0.6) is 0 Å². The van der Waals surface area contributed by atoms with E-state index in [4.69, 9.17) is 4.74 Å². The van der Waals surface area contributed by atoms with Crippen LogP contribution in [0.1, 0.15) is 49.8 Å². The number of aromatic nitrogens is 1. The number of amides is 4. The zero-order valence-electron chi connectivity index (χ0n) is 23.7. The first-order chi connectivity index (χ1) is 20.3. The van der Waals surface area contributed by atoms with Crippen molar-refractivity contribution in [2.75, 3.05) is 25.6 Å². The van der Waals surface area contributed by atoms with E-state index in [0.717, 1.165) is 29.9 Å². The van der Waals surface area contributed by atoms with Crippen LogP contribution >= 0.6 is 0 Å². The van der Waals surface area contributed by atoms with Gasteiger partial charge in [0.25, 0.3) is 5.91 Å². The molecule has 1 saturated carbocycles. The highest BCUT2D eigenvalue weighted by atomic mass is 19.4. The average molecular weight is 612 g/mol. The summed E-state index contributed by atoms with van der Waals surface area (Å²) in [5.41, 5.74) is -0.186. The Balaban J connectivity index is 1.55. The molecule has 1 aliphatic carbocycles. The summed E-state index contributed by atoms with van der Waals surface area (Å²) in [4.78, 5) is 43.9. The Bertz CT molecular complexity index is 1290. The van der Waals surface area contributed by atoms with Crippen molar-refractivity contribution < 1.29 is 41.1 Å². The molecule has 1 aromatic heterocycles. The molecule has 1 unspecified atom stereocenters. The van der Waals surface area contributed by atoms with Crippen molar-refractivity contribution in [1.82, 2.24) is 20.5 Å². The van der Waals surface area contributed by atoms with Gasteiger partial charge in [0.05, 0.1) is 19.2 Å². The van der Waals surface area contributed by atoms with Crippen molar-refractivity contribution >= 4 is 23.7 Å². The highest BCUT2D eigenvalue weighted by Gasteiger charge is 2.49. The quantitative estimate of drug-likeness (QED) is 0.336. The minimum atomic E-state index is -4.65. The van der Waals surface area contributed by atoms with Gasteiger partial charge in [-0.1, -0.05) is 50.1 Å². The molecule has 2 fully saturated rings. The fourth-order valence-electron chi connectivity index (χ4n) is 5.49. The minimum Gasteiger partial charge on any atom is -0.382 e. The third kappa shape index (κ3) is 7.59. The molecule has 0 spiro atoms. The number of carbonyl (C=O) groups is 3. The first kappa shape index (κ1) is 32.1. The van der Waals surface area contributed by atoms with Crippen molar-refractivity contribution in [2.45, 2.75) is 62.8 Å². The molecule has 43 heavy (non-hydrogen) atoms. The van der Waals surface area contributed by atoms with Gasteiger partial charge < -0.3 is 25.6 Å². The van der Waals surface area contributed by atoms with Crippen molar-refractivity contribution in [3.8, 4) is 0 Å². The summed E-state index contributed by atoms with van der Waals surface area (Å²) in [5.74, 6) is -6.33. The second kappa shape index (κ2) is 13.2. The van der Waals surface area contributed by atoms with Gasteiger partial charge in [-0.3, -0.25) is 9.59 Å². The number of pyridine rings is 1. The number of ether oxygens (including phenoxy) is 1. The summed E-state index contributed by atoms with van der Waals surface area (Å²) in [6.07, 6.45) is -0.783. The smallest absolute Gasteiger partial charge is 0.382 e. The van der Waals surface area contributed by atoms with E-state index in [1.165, 1.54) is 37.6 Å². The van der Waals surface area contributed by atoms with Crippen LogP contribution in [0, 0.1) is 11.8 Å². The Hall–Kier alpha value is -3.81. The SMILES string of the molecule is COCC(c1ccnc(NC(=O)[C@@H](NC(=O)C(F)(F)c2ccccc2)C2CCC(C)CC2)c1)N1C[C@@H](C(F)(F)F)NC1=O. The molecular weight excluding hydrogens is 577 g/mol. The van der Waals surface area contributed by atoms with Crippen LogP contribution in [0.3, 0.4) is 0 Å². The van der Waals surface area contributed by atoms with E-state index in [1.54, 1.807) is 6.07 Å². The highest BCUT2D eigenvalue weighted by molar-refractivity contribution is 5.98. The van der Waals surface area contributed by atoms with Gasteiger partial charge >= 0.3 is 18.1 Å². The normalized spacial score (nSPS) is 22.4. The molecule has 234 valence electrons. The minimum absolute atomic E-state index is 0.0335. The average Bonchev–Trinajstić information content (AvgIpc) is 3.37. The fourth-order valence-corrected chi connectivity index (χ4v) is 5.49. The van der Waals surface area contributed by atoms with Crippen LogP contribution in [-0.2, 0) is 20.2 Å². The monoisotopic (exact) mass is 611 g/mol. The highest BCUT2D eigenvalue weighted by Crippen LogP contribution is 2.34. The lowest BCUT2D eigenvalue weighted by atomic mass is 9.79. The van der Waals surface area contributed by atoms with E-state index in [-0.39, 0.29) is 12.4 Å². The van der Waals surface area contributed by atoms with Crippen molar-refractivity contribution in [3.63, 3.8) is 0 Å². The molecule has 0 bridgehead atoms. The Morgan fingerprint density at radius 3 is 2.37 bits per heavy atom. The number of hydrogen-bond acceptors (Lipinski definition) is 5. The predicted octanol–water partition coefficient (Wildman–Crippen LogP) is 4.77. The van der Waals surface area contributed by atoms with E-state index in [0.29, 0.717) is 24.3 Å². The number of nitrogens with one attached hydrogen (secondary N) is 3. The van der Waals surface area contributed by atoms with Crippen molar-refractivity contribution in [3.05, 3.63) is 59.8 Å². The maximum atomic E-state index is 15.0. The van der Waals surface area contributed by atoms with Crippen molar-refractivity contribution in [2.24, 2.45) is 11.8 Å². The maximum absolute atomic E-state index is 15.0. The molecule has 2 aliphatic rings. The zero-order chi connectivity index (χ0) is 31.4. The van der Waals surface area contributed by atoms with Gasteiger partial charge in [0.1, 0.15) is 17.9 Å². The molecule has 4 amide bonds. The number of urea groups is 1. The molecule has 1 aliphatic heterocycles. The second-order valence-electron chi connectivity index (χ2n) is 11.0. The molecule has 0 radical (unpaired) electrons. The van der Waals surface area contributed by atoms with Crippen LogP contribution in [0.4, 0.5) is 32.6 Å². The molecular formula is C29H34F5N5O4. The Kier molecular flexibility index (Phi) is 9.88. The van der Waals surface area contributed by atoms with E-state index in [1.807, 2.05) is 5.32 Å². The molecule has 14 heteroatoms. The number of hydrogen-bond donors (Lipinski definition) is 3. The number of benzene rings is 1. The van der Waals surface area contributed by atoms with Crippen LogP contribution in [0.2, 0.25) is 0 Å². The van der Waals surface area contributed by atoms with Crippen molar-refractivity contribution in [1.29, 1.82) is 0 Å². The molecule has 3 N–H and O–H groups in total. The van der Waals surface area contributed by atoms with Gasteiger partial charge in [-0.2, -0.15) is 22.0 Å². The van der Waals surface area contributed by atoms with Gasteiger partial charge in [0, 0.05) is 18.9 Å². The first-order valence-corrected chi connectivity index (χ1v) is 13.9. The van der Waals surface area contributed by atoms with E-state index >= 15 is 8.78 Å². The molecule has 2 heterocycles. The standard InChI is InChI=1S/C29H34F5N5O4/c1-17-8-10-18(11-9-17)24(38-26(41)28(30,31)20-6-4-3-5-7-20)25(40)37-23-14-19(12-13-35-23)21(16-43-2)39-15-22(29(32,33)34)36-27(39)42/h3-7,12-14,17-18,21-22,24H,8-11,15-16H2,1-2H3,(H,36,42)(H,38,41)(H,35,37,40)/t17?,18?,21?,22-,24-/m0/s1. The molecule has 9 nitrogen and oxygen atoms in total. The van der Waals surface area contributed by atoms with Gasteiger partial charge in [0.15, 0.2) is 0 Å². The van der Waals surface area contributed by atoms with Gasteiger partial charge in [0.2, 0.25) is 5.91 Å². The van der Waals surface area contributed by atoms with Crippen LogP contribution in [0.15, 0.2) is 48.7 Å². The zero-order valence-corrected chi connectivity index (χ0v) is 23.7. The summed E-state index contributed by atoms with van der Waals surface area (Å²) < 4.78 is 75.1. The second-order valence-corrected chi connectivity index (χ2v) is 11.0. The largest absolute Gasteiger partial charge is 0.410 e. The van der Waals surface area contributed by atoms with E-state index < -0.39 is 66.1 Å². The third-order valence-corrected chi connectivity index (χ3v) is 7.98. The van der Waals surface area contributed by atoms with E-state index in [9.17, 15) is 27.6 Å². The topological polar surface area (TPSA) is 113 Å². The predicted molar refractivity (Wildman–Crippen MR) is 146 cm³/mol. The molecule has 2 aromatic rings. The summed E-state index contributed by atoms with van der Waals surface area (Å²) in [7, 11) is 1.33. The van der Waals surface area contributed by atoms with E-state index in [2.05, 4.69) is 22.5 Å². The molecule has 1 saturated heterocycles. The Labute approximate surface area is 245 Å². The maximum Gasteiger partial charge on any atom is 0.410 e. The van der Waals surface area contributed by atoms with Gasteiger partial charge in [-0.05, 0) is 42.4 Å². The molecule has 1 aromatic carbocycles. The fraction of sp³-hybridized carbons (Fsp3) is 0.517.